The largest absolute Gasteiger partial charge is 0.432 e. The van der Waals surface area contributed by atoms with E-state index in [9.17, 15) is 13.2 Å². The molecule has 150 valence electrons. The van der Waals surface area contributed by atoms with Crippen molar-refractivity contribution in [3.05, 3.63) is 53.8 Å². The summed E-state index contributed by atoms with van der Waals surface area (Å²) in [7, 11) is 0. The second kappa shape index (κ2) is 8.18. The van der Waals surface area contributed by atoms with Gasteiger partial charge >= 0.3 is 6.61 Å². The molecule has 0 bridgehead atoms. The van der Waals surface area contributed by atoms with Crippen LogP contribution in [0.25, 0.3) is 11.1 Å². The number of rotatable bonds is 4. The van der Waals surface area contributed by atoms with Crippen LogP contribution >= 0.6 is 0 Å². The molecule has 0 aliphatic heterocycles. The van der Waals surface area contributed by atoms with Crippen LogP contribution in [0, 0.1) is 23.6 Å². The van der Waals surface area contributed by atoms with Crippen molar-refractivity contribution in [1.29, 1.82) is 0 Å². The van der Waals surface area contributed by atoms with Crippen LogP contribution < -0.4 is 4.74 Å². The van der Waals surface area contributed by atoms with Crippen LogP contribution in [0.4, 0.5) is 13.2 Å². The van der Waals surface area contributed by atoms with Crippen molar-refractivity contribution in [2.24, 2.45) is 17.8 Å². The zero-order valence-corrected chi connectivity index (χ0v) is 16.2. The van der Waals surface area contributed by atoms with Crippen molar-refractivity contribution in [1.82, 2.24) is 0 Å². The minimum Gasteiger partial charge on any atom is -0.432 e. The molecule has 4 atom stereocenters. The molecule has 0 amide bonds. The van der Waals surface area contributed by atoms with E-state index in [1.54, 1.807) is 6.07 Å². The lowest BCUT2D eigenvalue weighted by molar-refractivity contribution is -0.0521. The molecular formula is C24H27F3O. The van der Waals surface area contributed by atoms with E-state index in [1.165, 1.54) is 56.2 Å². The molecule has 2 aromatic carbocycles. The summed E-state index contributed by atoms with van der Waals surface area (Å²) >= 11 is 0. The van der Waals surface area contributed by atoms with Gasteiger partial charge in [-0.25, -0.2) is 4.39 Å². The van der Waals surface area contributed by atoms with Gasteiger partial charge in [0, 0.05) is 0 Å². The molecule has 28 heavy (non-hydrogen) atoms. The number of ether oxygens (including phenoxy) is 1. The van der Waals surface area contributed by atoms with E-state index >= 15 is 0 Å². The summed E-state index contributed by atoms with van der Waals surface area (Å²) < 4.78 is 42.7. The van der Waals surface area contributed by atoms with Gasteiger partial charge in [0.25, 0.3) is 0 Å². The Labute approximate surface area is 164 Å². The first kappa shape index (κ1) is 19.4. The van der Waals surface area contributed by atoms with Crippen LogP contribution in [0.5, 0.6) is 5.75 Å². The Morgan fingerprint density at radius 3 is 2.25 bits per heavy atom. The van der Waals surface area contributed by atoms with Gasteiger partial charge in [0.05, 0.1) is 0 Å². The Kier molecular flexibility index (Phi) is 5.65. The molecule has 2 saturated carbocycles. The zero-order chi connectivity index (χ0) is 19.7. The minimum absolute atomic E-state index is 0.422. The van der Waals surface area contributed by atoms with Gasteiger partial charge in [0.2, 0.25) is 0 Å². The number of benzene rings is 2. The third-order valence-electron chi connectivity index (χ3n) is 6.74. The number of fused-ring (bicyclic) bond motifs is 1. The maximum absolute atomic E-state index is 14.0. The highest BCUT2D eigenvalue weighted by Gasteiger charge is 2.34. The van der Waals surface area contributed by atoms with Crippen molar-refractivity contribution in [3.8, 4) is 16.9 Å². The fraction of sp³-hybridized carbons (Fsp3) is 0.500. The summed E-state index contributed by atoms with van der Waals surface area (Å²) in [5.41, 5.74) is 2.90. The van der Waals surface area contributed by atoms with Crippen LogP contribution in [-0.2, 0) is 0 Å². The first-order valence-corrected chi connectivity index (χ1v) is 10.3. The molecule has 1 nitrogen and oxygen atoms in total. The molecular weight excluding hydrogens is 361 g/mol. The van der Waals surface area contributed by atoms with E-state index in [0.29, 0.717) is 11.5 Å². The standard InChI is InChI=1S/C24H27F3O/c1-15-2-3-20-13-19(9-8-18(20)12-15)16-4-6-17(7-5-16)21-10-11-23(22(25)14-21)28-24(26)27/h4-7,10-11,14-15,18-20,24H,2-3,8-9,12-13H2,1H3/t15?,18-,19-,20-/m1/s1. The summed E-state index contributed by atoms with van der Waals surface area (Å²) in [6.07, 6.45) is 7.99. The lowest BCUT2D eigenvalue weighted by Crippen LogP contribution is -2.29. The average molecular weight is 388 g/mol. The maximum Gasteiger partial charge on any atom is 0.387 e. The first-order valence-electron chi connectivity index (χ1n) is 10.3. The molecule has 2 fully saturated rings. The highest BCUT2D eigenvalue weighted by atomic mass is 19.3. The third-order valence-corrected chi connectivity index (χ3v) is 6.74. The predicted octanol–water partition coefficient (Wildman–Crippen LogP) is 7.41. The van der Waals surface area contributed by atoms with Crippen LogP contribution in [-0.4, -0.2) is 6.61 Å². The van der Waals surface area contributed by atoms with Crippen LogP contribution in [0.3, 0.4) is 0 Å². The SMILES string of the molecule is CC1CC[C@@H]2C[C@H](c3ccc(-c4ccc(OC(F)F)c(F)c4)cc3)CC[C@@H]2C1. The summed E-state index contributed by atoms with van der Waals surface area (Å²) in [6.45, 7) is -0.641. The Hall–Kier alpha value is -1.97. The van der Waals surface area contributed by atoms with Gasteiger partial charge in [-0.05, 0) is 84.6 Å². The summed E-state index contributed by atoms with van der Waals surface area (Å²) in [5.74, 6) is 2.08. The molecule has 0 heterocycles. The fourth-order valence-electron chi connectivity index (χ4n) is 5.25. The second-order valence-corrected chi connectivity index (χ2v) is 8.59. The van der Waals surface area contributed by atoms with E-state index in [1.807, 2.05) is 12.1 Å². The van der Waals surface area contributed by atoms with E-state index in [4.69, 9.17) is 0 Å². The third kappa shape index (κ3) is 4.21. The van der Waals surface area contributed by atoms with Gasteiger partial charge in [0.15, 0.2) is 11.6 Å². The number of halogens is 3. The van der Waals surface area contributed by atoms with E-state index < -0.39 is 18.2 Å². The molecule has 1 unspecified atom stereocenters. The molecule has 2 aromatic rings. The lowest BCUT2D eigenvalue weighted by atomic mass is 9.64. The van der Waals surface area contributed by atoms with Gasteiger partial charge in [-0.2, -0.15) is 8.78 Å². The van der Waals surface area contributed by atoms with Gasteiger partial charge in [-0.15, -0.1) is 0 Å². The zero-order valence-electron chi connectivity index (χ0n) is 16.2. The normalized spacial score (nSPS) is 27.5. The van der Waals surface area contributed by atoms with Gasteiger partial charge in [-0.3, -0.25) is 0 Å². The maximum atomic E-state index is 14.0. The van der Waals surface area contributed by atoms with Gasteiger partial charge < -0.3 is 4.74 Å². The molecule has 0 N–H and O–H groups in total. The number of hydrogen-bond acceptors (Lipinski definition) is 1. The fourth-order valence-corrected chi connectivity index (χ4v) is 5.25. The quantitative estimate of drug-likeness (QED) is 0.530. The van der Waals surface area contributed by atoms with Gasteiger partial charge in [0.1, 0.15) is 0 Å². The topological polar surface area (TPSA) is 9.23 Å². The summed E-state index contributed by atoms with van der Waals surface area (Å²) in [5, 5.41) is 0. The molecule has 0 radical (unpaired) electrons. The Bertz CT molecular complexity index is 802. The van der Waals surface area contributed by atoms with Crippen molar-refractivity contribution < 1.29 is 17.9 Å². The van der Waals surface area contributed by atoms with E-state index in [0.717, 1.165) is 23.3 Å². The molecule has 2 aliphatic rings. The Morgan fingerprint density at radius 1 is 0.857 bits per heavy atom. The van der Waals surface area contributed by atoms with Crippen molar-refractivity contribution in [3.63, 3.8) is 0 Å². The average Bonchev–Trinajstić information content (AvgIpc) is 2.69. The Morgan fingerprint density at radius 2 is 1.54 bits per heavy atom. The van der Waals surface area contributed by atoms with Crippen LogP contribution in [0.2, 0.25) is 0 Å². The van der Waals surface area contributed by atoms with Gasteiger partial charge in [-0.1, -0.05) is 43.7 Å². The molecule has 0 saturated heterocycles. The Balaban J connectivity index is 1.45. The molecule has 0 aromatic heterocycles. The lowest BCUT2D eigenvalue weighted by Gasteiger charge is -2.41. The summed E-state index contributed by atoms with van der Waals surface area (Å²) in [4.78, 5) is 0. The van der Waals surface area contributed by atoms with Crippen LogP contribution in [0.15, 0.2) is 42.5 Å². The minimum atomic E-state index is -3.03. The highest BCUT2D eigenvalue weighted by molar-refractivity contribution is 5.64. The van der Waals surface area contributed by atoms with Crippen LogP contribution in [0.1, 0.15) is 56.9 Å². The second-order valence-electron chi connectivity index (χ2n) is 8.59. The summed E-state index contributed by atoms with van der Waals surface area (Å²) in [6, 6.07) is 12.4. The smallest absolute Gasteiger partial charge is 0.387 e. The van der Waals surface area contributed by atoms with Crippen molar-refractivity contribution >= 4 is 0 Å². The predicted molar refractivity (Wildman–Crippen MR) is 105 cm³/mol. The number of hydrogen-bond donors (Lipinski definition) is 0. The molecule has 4 heteroatoms. The molecule has 0 spiro atoms. The highest BCUT2D eigenvalue weighted by Crippen LogP contribution is 2.47. The molecule has 4 rings (SSSR count). The monoisotopic (exact) mass is 388 g/mol. The number of alkyl halides is 2. The van der Waals surface area contributed by atoms with E-state index in [2.05, 4.69) is 23.8 Å². The van der Waals surface area contributed by atoms with Crippen molar-refractivity contribution in [2.45, 2.75) is 58.0 Å². The first-order chi connectivity index (χ1) is 13.5. The van der Waals surface area contributed by atoms with E-state index in [-0.39, 0.29) is 0 Å². The molecule has 2 aliphatic carbocycles. The van der Waals surface area contributed by atoms with Crippen molar-refractivity contribution in [2.75, 3.05) is 0 Å².